The highest BCUT2D eigenvalue weighted by molar-refractivity contribution is 5.94. The van der Waals surface area contributed by atoms with Gasteiger partial charge in [-0.3, -0.25) is 9.59 Å². The molecular formula is C24H23FN2O2. The molecule has 4 nitrogen and oxygen atoms in total. The van der Waals surface area contributed by atoms with E-state index in [2.05, 4.69) is 5.32 Å². The summed E-state index contributed by atoms with van der Waals surface area (Å²) in [4.78, 5) is 26.3. The fourth-order valence-electron chi connectivity index (χ4n) is 2.99. The minimum Gasteiger partial charge on any atom is -0.326 e. The van der Waals surface area contributed by atoms with Crippen molar-refractivity contribution in [3.63, 3.8) is 0 Å². The quantitative estimate of drug-likeness (QED) is 0.621. The molecule has 3 aromatic rings. The molecule has 3 aromatic carbocycles. The van der Waals surface area contributed by atoms with E-state index in [0.29, 0.717) is 13.0 Å². The number of hydrogen-bond acceptors (Lipinski definition) is 2. The third-order valence-electron chi connectivity index (χ3n) is 4.53. The summed E-state index contributed by atoms with van der Waals surface area (Å²) in [6.45, 7) is 2.17. The highest BCUT2D eigenvalue weighted by Crippen LogP contribution is 2.20. The Morgan fingerprint density at radius 1 is 0.862 bits per heavy atom. The first-order valence-electron chi connectivity index (χ1n) is 9.54. The number of hydrogen-bond donors (Lipinski definition) is 1. The second-order valence-corrected chi connectivity index (χ2v) is 6.72. The van der Waals surface area contributed by atoms with Gasteiger partial charge in [0.15, 0.2) is 0 Å². The van der Waals surface area contributed by atoms with Crippen molar-refractivity contribution in [1.29, 1.82) is 0 Å². The average Bonchev–Trinajstić information content (AvgIpc) is 2.74. The van der Waals surface area contributed by atoms with Crippen molar-refractivity contribution < 1.29 is 14.0 Å². The number of carbonyl (C=O) groups excluding carboxylic acids is 2. The van der Waals surface area contributed by atoms with Gasteiger partial charge in [-0.1, -0.05) is 49.4 Å². The molecule has 0 spiro atoms. The van der Waals surface area contributed by atoms with Crippen LogP contribution in [0, 0.1) is 5.82 Å². The summed E-state index contributed by atoms with van der Waals surface area (Å²) in [5.41, 5.74) is 3.20. The van der Waals surface area contributed by atoms with Crippen LogP contribution in [0.25, 0.3) is 0 Å². The van der Waals surface area contributed by atoms with E-state index in [1.807, 2.05) is 61.5 Å². The Morgan fingerprint density at radius 2 is 1.48 bits per heavy atom. The summed E-state index contributed by atoms with van der Waals surface area (Å²) in [6.07, 6.45) is 0.608. The number of carbonyl (C=O) groups is 2. The largest absolute Gasteiger partial charge is 0.326 e. The minimum atomic E-state index is -0.305. The van der Waals surface area contributed by atoms with Gasteiger partial charge in [-0.25, -0.2) is 4.39 Å². The highest BCUT2D eigenvalue weighted by Gasteiger charge is 2.15. The van der Waals surface area contributed by atoms with E-state index in [0.717, 1.165) is 22.5 Å². The molecule has 0 atom stereocenters. The smallest absolute Gasteiger partial charge is 0.228 e. The van der Waals surface area contributed by atoms with Gasteiger partial charge in [-0.05, 0) is 47.5 Å². The molecule has 148 valence electrons. The van der Waals surface area contributed by atoms with E-state index >= 15 is 0 Å². The molecule has 0 fully saturated rings. The maximum Gasteiger partial charge on any atom is 0.228 e. The lowest BCUT2D eigenvalue weighted by Crippen LogP contribution is -2.29. The van der Waals surface area contributed by atoms with Gasteiger partial charge in [0.2, 0.25) is 11.8 Å². The molecule has 5 heteroatoms. The second kappa shape index (κ2) is 9.64. The lowest BCUT2D eigenvalue weighted by molar-refractivity contribution is -0.118. The Balaban J connectivity index is 1.69. The Hall–Kier alpha value is -3.47. The van der Waals surface area contributed by atoms with Crippen LogP contribution in [0.2, 0.25) is 0 Å². The molecule has 0 radical (unpaired) electrons. The van der Waals surface area contributed by atoms with Crippen molar-refractivity contribution >= 4 is 23.2 Å². The Kier molecular flexibility index (Phi) is 6.74. The Morgan fingerprint density at radius 3 is 2.10 bits per heavy atom. The SMILES string of the molecule is CCC(=O)N(Cc1ccc(F)cc1)c1ccc(CC(=O)Nc2ccccc2)cc1. The van der Waals surface area contributed by atoms with Crippen LogP contribution in [0.4, 0.5) is 15.8 Å². The topological polar surface area (TPSA) is 49.4 Å². The molecular weight excluding hydrogens is 367 g/mol. The molecule has 2 amide bonds. The van der Waals surface area contributed by atoms with Crippen LogP contribution < -0.4 is 10.2 Å². The standard InChI is InChI=1S/C24H23FN2O2/c1-2-24(29)27(17-19-8-12-20(25)13-9-19)22-14-10-18(11-15-22)16-23(28)26-21-6-4-3-5-7-21/h3-15H,2,16-17H2,1H3,(H,26,28). The van der Waals surface area contributed by atoms with Crippen LogP contribution in [0.3, 0.4) is 0 Å². The van der Waals surface area contributed by atoms with Crippen LogP contribution in [-0.4, -0.2) is 11.8 Å². The molecule has 0 aromatic heterocycles. The number of halogens is 1. The van der Waals surface area contributed by atoms with Crippen molar-refractivity contribution in [3.8, 4) is 0 Å². The lowest BCUT2D eigenvalue weighted by Gasteiger charge is -2.23. The molecule has 0 saturated heterocycles. The van der Waals surface area contributed by atoms with Gasteiger partial charge in [0, 0.05) is 17.8 Å². The van der Waals surface area contributed by atoms with Crippen molar-refractivity contribution in [2.45, 2.75) is 26.3 Å². The molecule has 0 saturated carbocycles. The average molecular weight is 390 g/mol. The number of nitrogens with one attached hydrogen (secondary N) is 1. The van der Waals surface area contributed by atoms with Crippen LogP contribution in [-0.2, 0) is 22.6 Å². The van der Waals surface area contributed by atoms with Crippen molar-refractivity contribution in [1.82, 2.24) is 0 Å². The monoisotopic (exact) mass is 390 g/mol. The molecule has 0 unspecified atom stereocenters. The van der Waals surface area contributed by atoms with Crippen molar-refractivity contribution in [2.75, 3.05) is 10.2 Å². The van der Waals surface area contributed by atoms with E-state index in [1.54, 1.807) is 17.0 Å². The zero-order valence-electron chi connectivity index (χ0n) is 16.3. The number of para-hydroxylation sites is 1. The predicted molar refractivity (Wildman–Crippen MR) is 113 cm³/mol. The van der Waals surface area contributed by atoms with E-state index < -0.39 is 0 Å². The maximum atomic E-state index is 13.1. The maximum absolute atomic E-state index is 13.1. The molecule has 0 bridgehead atoms. The van der Waals surface area contributed by atoms with Gasteiger partial charge in [-0.2, -0.15) is 0 Å². The zero-order chi connectivity index (χ0) is 20.6. The van der Waals surface area contributed by atoms with E-state index in [9.17, 15) is 14.0 Å². The normalized spacial score (nSPS) is 10.4. The van der Waals surface area contributed by atoms with Gasteiger partial charge in [0.1, 0.15) is 5.82 Å². The summed E-state index contributed by atoms with van der Waals surface area (Å²) in [5.74, 6) is -0.430. The Bertz CT molecular complexity index is 954. The van der Waals surface area contributed by atoms with Crippen LogP contribution in [0.15, 0.2) is 78.9 Å². The molecule has 0 heterocycles. The van der Waals surface area contributed by atoms with E-state index in [1.165, 1.54) is 12.1 Å². The first kappa shape index (κ1) is 20.3. The Labute approximate surface area is 170 Å². The van der Waals surface area contributed by atoms with Gasteiger partial charge < -0.3 is 10.2 Å². The lowest BCUT2D eigenvalue weighted by atomic mass is 10.1. The summed E-state index contributed by atoms with van der Waals surface area (Å²) < 4.78 is 13.1. The molecule has 0 aliphatic heterocycles. The fourth-order valence-corrected chi connectivity index (χ4v) is 2.99. The van der Waals surface area contributed by atoms with Gasteiger partial charge >= 0.3 is 0 Å². The third-order valence-corrected chi connectivity index (χ3v) is 4.53. The molecule has 1 N–H and O–H groups in total. The third kappa shape index (κ3) is 5.75. The predicted octanol–water partition coefficient (Wildman–Crippen LogP) is 4.95. The summed E-state index contributed by atoms with van der Waals surface area (Å²) in [6, 6.07) is 22.8. The number of anilines is 2. The number of nitrogens with zero attached hydrogens (tertiary/aromatic N) is 1. The molecule has 0 aliphatic rings. The van der Waals surface area contributed by atoms with E-state index in [-0.39, 0.29) is 24.1 Å². The first-order chi connectivity index (χ1) is 14.0. The molecule has 0 aliphatic carbocycles. The van der Waals surface area contributed by atoms with Crippen LogP contribution in [0.1, 0.15) is 24.5 Å². The number of amides is 2. The minimum absolute atomic E-state index is 0.0242. The van der Waals surface area contributed by atoms with Crippen LogP contribution in [0.5, 0.6) is 0 Å². The van der Waals surface area contributed by atoms with E-state index in [4.69, 9.17) is 0 Å². The zero-order valence-corrected chi connectivity index (χ0v) is 16.3. The summed E-state index contributed by atoms with van der Waals surface area (Å²) in [5, 5.41) is 2.86. The summed E-state index contributed by atoms with van der Waals surface area (Å²) >= 11 is 0. The first-order valence-corrected chi connectivity index (χ1v) is 9.54. The highest BCUT2D eigenvalue weighted by atomic mass is 19.1. The molecule has 3 rings (SSSR count). The molecule has 29 heavy (non-hydrogen) atoms. The van der Waals surface area contributed by atoms with Gasteiger partial charge in [-0.15, -0.1) is 0 Å². The van der Waals surface area contributed by atoms with Gasteiger partial charge in [0.05, 0.1) is 13.0 Å². The second-order valence-electron chi connectivity index (χ2n) is 6.72. The van der Waals surface area contributed by atoms with Crippen LogP contribution >= 0.6 is 0 Å². The number of rotatable bonds is 7. The van der Waals surface area contributed by atoms with Crippen molar-refractivity contribution in [2.24, 2.45) is 0 Å². The van der Waals surface area contributed by atoms with Gasteiger partial charge in [0.25, 0.3) is 0 Å². The summed E-state index contributed by atoms with van der Waals surface area (Å²) in [7, 11) is 0. The van der Waals surface area contributed by atoms with Crippen molar-refractivity contribution in [3.05, 3.63) is 95.8 Å². The number of benzene rings is 3. The fraction of sp³-hybridized carbons (Fsp3) is 0.167.